The zero-order valence-corrected chi connectivity index (χ0v) is 16.5. The Morgan fingerprint density at radius 3 is 2.39 bits per heavy atom. The number of carbonyl (C=O) groups is 1. The fraction of sp³-hybridized carbons (Fsp3) is 0.381. The summed E-state index contributed by atoms with van der Waals surface area (Å²) >= 11 is 0. The number of rotatable bonds is 4. The molecule has 2 aromatic rings. The molecule has 1 unspecified atom stereocenters. The van der Waals surface area contributed by atoms with Gasteiger partial charge in [0.2, 0.25) is 0 Å². The number of likely N-dealkylation sites (tertiary alicyclic amines) is 1. The summed E-state index contributed by atoms with van der Waals surface area (Å²) in [5, 5.41) is 5.86. The molecule has 1 atom stereocenters. The summed E-state index contributed by atoms with van der Waals surface area (Å²) in [6.07, 6.45) is 1.78. The highest BCUT2D eigenvalue weighted by Crippen LogP contribution is 2.32. The van der Waals surface area contributed by atoms with Crippen LogP contribution in [-0.4, -0.2) is 44.2 Å². The van der Waals surface area contributed by atoms with Gasteiger partial charge in [0.1, 0.15) is 0 Å². The molecule has 7 heteroatoms. The molecule has 0 radical (unpaired) electrons. The Bertz CT molecular complexity index is 938. The van der Waals surface area contributed by atoms with Crippen LogP contribution in [0.15, 0.2) is 59.5 Å². The normalized spacial score (nSPS) is 21.8. The quantitative estimate of drug-likeness (QED) is 0.828. The van der Waals surface area contributed by atoms with E-state index in [0.717, 1.165) is 32.5 Å². The van der Waals surface area contributed by atoms with E-state index in [1.807, 2.05) is 6.07 Å². The maximum Gasteiger partial charge on any atom is 0.315 e. The first-order valence-corrected chi connectivity index (χ1v) is 11.3. The third kappa shape index (κ3) is 4.20. The monoisotopic (exact) mass is 399 g/mol. The van der Waals surface area contributed by atoms with Gasteiger partial charge in [0.15, 0.2) is 9.84 Å². The maximum absolute atomic E-state index is 12.4. The largest absolute Gasteiger partial charge is 0.335 e. The average Bonchev–Trinajstić information content (AvgIpc) is 2.94. The first-order chi connectivity index (χ1) is 13.5. The number of sulfone groups is 1. The van der Waals surface area contributed by atoms with Crippen molar-refractivity contribution >= 4 is 15.9 Å². The topological polar surface area (TPSA) is 78.5 Å². The molecule has 2 N–H and O–H groups in total. The molecule has 0 saturated carbocycles. The summed E-state index contributed by atoms with van der Waals surface area (Å²) in [6.45, 7) is 2.79. The number of carbonyl (C=O) groups excluding carboxylic acids is 1. The molecule has 1 saturated heterocycles. The fourth-order valence-corrected chi connectivity index (χ4v) is 5.77. The van der Waals surface area contributed by atoms with Gasteiger partial charge < -0.3 is 10.6 Å². The van der Waals surface area contributed by atoms with Crippen molar-refractivity contribution in [1.29, 1.82) is 0 Å². The van der Waals surface area contributed by atoms with Crippen molar-refractivity contribution in [1.82, 2.24) is 15.5 Å². The number of amides is 2. The zero-order valence-electron chi connectivity index (χ0n) is 15.7. The van der Waals surface area contributed by atoms with Crippen LogP contribution in [0.1, 0.15) is 30.0 Å². The van der Waals surface area contributed by atoms with Crippen molar-refractivity contribution in [3.05, 3.63) is 65.7 Å². The highest BCUT2D eigenvalue weighted by Gasteiger charge is 2.35. The van der Waals surface area contributed by atoms with Crippen molar-refractivity contribution in [3.63, 3.8) is 0 Å². The minimum Gasteiger partial charge on any atom is -0.335 e. The molecule has 2 aliphatic rings. The van der Waals surface area contributed by atoms with Gasteiger partial charge >= 0.3 is 6.03 Å². The van der Waals surface area contributed by atoms with Gasteiger partial charge in [0.05, 0.1) is 16.7 Å². The fourth-order valence-electron chi connectivity index (χ4n) is 4.03. The van der Waals surface area contributed by atoms with E-state index in [1.54, 1.807) is 24.3 Å². The SMILES string of the molecule is O=C(NC1CCN(Cc2ccccc2)CC1)NC1CS(=O)(=O)c2ccccc21. The number of fused-ring (bicyclic) bond motifs is 1. The van der Waals surface area contributed by atoms with Gasteiger partial charge in [-0.2, -0.15) is 0 Å². The van der Waals surface area contributed by atoms with Crippen LogP contribution in [0.2, 0.25) is 0 Å². The van der Waals surface area contributed by atoms with E-state index in [-0.39, 0.29) is 17.8 Å². The van der Waals surface area contributed by atoms with Gasteiger partial charge in [0, 0.05) is 25.7 Å². The van der Waals surface area contributed by atoms with Crippen LogP contribution >= 0.6 is 0 Å². The average molecular weight is 400 g/mol. The Morgan fingerprint density at radius 2 is 1.64 bits per heavy atom. The Morgan fingerprint density at radius 1 is 0.964 bits per heavy atom. The van der Waals surface area contributed by atoms with Crippen molar-refractivity contribution in [2.24, 2.45) is 0 Å². The summed E-state index contributed by atoms with van der Waals surface area (Å²) in [4.78, 5) is 15.2. The second-order valence-corrected chi connectivity index (χ2v) is 9.53. The molecule has 2 amide bonds. The molecular weight excluding hydrogens is 374 g/mol. The highest BCUT2D eigenvalue weighted by molar-refractivity contribution is 7.91. The number of piperidine rings is 1. The third-order valence-corrected chi connectivity index (χ3v) is 7.31. The van der Waals surface area contributed by atoms with E-state index in [2.05, 4.69) is 39.8 Å². The number of hydrogen-bond donors (Lipinski definition) is 2. The molecule has 28 heavy (non-hydrogen) atoms. The molecule has 0 aliphatic carbocycles. The predicted octanol–water partition coefficient (Wildman–Crippen LogP) is 2.48. The molecule has 148 valence electrons. The molecule has 2 heterocycles. The lowest BCUT2D eigenvalue weighted by atomic mass is 10.0. The first-order valence-electron chi connectivity index (χ1n) is 9.66. The lowest BCUT2D eigenvalue weighted by Crippen LogP contribution is -2.48. The number of hydrogen-bond acceptors (Lipinski definition) is 4. The zero-order chi connectivity index (χ0) is 19.6. The summed E-state index contributed by atoms with van der Waals surface area (Å²) in [7, 11) is -3.32. The van der Waals surface area contributed by atoms with Gasteiger partial charge in [-0.1, -0.05) is 48.5 Å². The Balaban J connectivity index is 1.28. The molecule has 4 rings (SSSR count). The van der Waals surface area contributed by atoms with Crippen molar-refractivity contribution in [2.45, 2.75) is 36.4 Å². The van der Waals surface area contributed by atoms with Crippen LogP contribution in [0.5, 0.6) is 0 Å². The van der Waals surface area contributed by atoms with Crippen LogP contribution in [-0.2, 0) is 16.4 Å². The molecular formula is C21H25N3O3S. The molecule has 0 bridgehead atoms. The van der Waals surface area contributed by atoms with Crippen molar-refractivity contribution < 1.29 is 13.2 Å². The van der Waals surface area contributed by atoms with Crippen molar-refractivity contribution in [2.75, 3.05) is 18.8 Å². The first kappa shape index (κ1) is 19.0. The van der Waals surface area contributed by atoms with E-state index >= 15 is 0 Å². The predicted molar refractivity (Wildman–Crippen MR) is 108 cm³/mol. The summed E-state index contributed by atoms with van der Waals surface area (Å²) in [6, 6.07) is 16.6. The maximum atomic E-state index is 12.4. The number of nitrogens with zero attached hydrogens (tertiary/aromatic N) is 1. The smallest absolute Gasteiger partial charge is 0.315 e. The van der Waals surface area contributed by atoms with E-state index in [9.17, 15) is 13.2 Å². The molecule has 2 aromatic carbocycles. The van der Waals surface area contributed by atoms with Crippen LogP contribution < -0.4 is 10.6 Å². The van der Waals surface area contributed by atoms with E-state index < -0.39 is 15.9 Å². The van der Waals surface area contributed by atoms with Crippen LogP contribution in [0.4, 0.5) is 4.79 Å². The van der Waals surface area contributed by atoms with Gasteiger partial charge in [-0.3, -0.25) is 4.90 Å². The lowest BCUT2D eigenvalue weighted by molar-refractivity contribution is 0.186. The number of nitrogens with one attached hydrogen (secondary N) is 2. The van der Waals surface area contributed by atoms with E-state index in [4.69, 9.17) is 0 Å². The summed E-state index contributed by atoms with van der Waals surface area (Å²) < 4.78 is 24.5. The molecule has 0 spiro atoms. The second-order valence-electron chi connectivity index (χ2n) is 7.53. The Hall–Kier alpha value is -2.38. The number of urea groups is 1. The highest BCUT2D eigenvalue weighted by atomic mass is 32.2. The lowest BCUT2D eigenvalue weighted by Gasteiger charge is -2.32. The van der Waals surface area contributed by atoms with Crippen molar-refractivity contribution in [3.8, 4) is 0 Å². The van der Waals surface area contributed by atoms with Crippen LogP contribution in [0.3, 0.4) is 0 Å². The van der Waals surface area contributed by atoms with Gasteiger partial charge in [0.25, 0.3) is 0 Å². The van der Waals surface area contributed by atoms with Crippen LogP contribution in [0, 0.1) is 0 Å². The molecule has 1 fully saturated rings. The molecule has 0 aromatic heterocycles. The van der Waals surface area contributed by atoms with Gasteiger partial charge in [-0.15, -0.1) is 0 Å². The van der Waals surface area contributed by atoms with E-state index in [0.29, 0.717) is 10.5 Å². The van der Waals surface area contributed by atoms with Gasteiger partial charge in [-0.25, -0.2) is 13.2 Å². The molecule has 2 aliphatic heterocycles. The Kier molecular flexibility index (Phi) is 5.37. The second kappa shape index (κ2) is 7.93. The third-order valence-electron chi connectivity index (χ3n) is 5.49. The molecule has 6 nitrogen and oxygen atoms in total. The summed E-state index contributed by atoms with van der Waals surface area (Å²) in [5.74, 6) is -0.0741. The van der Waals surface area contributed by atoms with Gasteiger partial charge in [-0.05, 0) is 30.0 Å². The standard InChI is InChI=1S/C21H25N3O3S/c25-21(23-19-15-28(26,27)20-9-5-4-8-18(19)20)22-17-10-12-24(13-11-17)14-16-6-2-1-3-7-16/h1-9,17,19H,10-15H2,(H2,22,23,25). The van der Waals surface area contributed by atoms with Crippen LogP contribution in [0.25, 0.3) is 0 Å². The minimum absolute atomic E-state index is 0.0741. The number of benzene rings is 2. The van der Waals surface area contributed by atoms with E-state index in [1.165, 1.54) is 5.56 Å². The summed E-state index contributed by atoms with van der Waals surface area (Å²) in [5.41, 5.74) is 1.98. The minimum atomic E-state index is -3.32. The Labute approximate surface area is 165 Å².